The van der Waals surface area contributed by atoms with E-state index in [1.54, 1.807) is 12.0 Å². The summed E-state index contributed by atoms with van der Waals surface area (Å²) in [6.07, 6.45) is 3.74. The van der Waals surface area contributed by atoms with E-state index in [0.29, 0.717) is 32.7 Å². The number of carbonyl (C=O) groups is 2. The zero-order valence-electron chi connectivity index (χ0n) is 23.7. The third kappa shape index (κ3) is 7.65. The molecule has 0 saturated carbocycles. The molecule has 4 aromatic rings. The Morgan fingerprint density at radius 2 is 1.50 bits per heavy atom. The maximum atomic E-state index is 13.7. The van der Waals surface area contributed by atoms with Crippen LogP contribution in [0.2, 0.25) is 0 Å². The van der Waals surface area contributed by atoms with Crippen LogP contribution in [0.5, 0.6) is 11.5 Å². The van der Waals surface area contributed by atoms with Crippen molar-refractivity contribution in [2.45, 2.75) is 39.7 Å². The van der Waals surface area contributed by atoms with Gasteiger partial charge in [0.1, 0.15) is 11.5 Å². The Bertz CT molecular complexity index is 1380. The van der Waals surface area contributed by atoms with Gasteiger partial charge in [-0.15, -0.1) is 0 Å². The molecule has 1 heterocycles. The van der Waals surface area contributed by atoms with Crippen LogP contribution in [0, 0.1) is 0 Å². The molecule has 7 heteroatoms. The average Bonchev–Trinajstić information content (AvgIpc) is 3.39. The van der Waals surface area contributed by atoms with Crippen molar-refractivity contribution in [3.05, 3.63) is 95.7 Å². The number of aromatic amines is 1. The lowest BCUT2D eigenvalue weighted by Crippen LogP contribution is -2.44. The molecule has 0 unspecified atom stereocenters. The van der Waals surface area contributed by atoms with Crippen LogP contribution in [0.15, 0.2) is 79.0 Å². The summed E-state index contributed by atoms with van der Waals surface area (Å²) in [7, 11) is 1.62. The van der Waals surface area contributed by atoms with Crippen molar-refractivity contribution in [2.24, 2.45) is 0 Å². The molecule has 0 saturated heterocycles. The fourth-order valence-corrected chi connectivity index (χ4v) is 4.82. The second-order valence-electron chi connectivity index (χ2n) is 9.84. The van der Waals surface area contributed by atoms with E-state index in [-0.39, 0.29) is 24.8 Å². The number of aromatic nitrogens is 1. The first-order chi connectivity index (χ1) is 19.5. The van der Waals surface area contributed by atoms with Crippen molar-refractivity contribution < 1.29 is 19.1 Å². The van der Waals surface area contributed by atoms with E-state index in [9.17, 15) is 9.59 Å². The van der Waals surface area contributed by atoms with Crippen LogP contribution < -0.4 is 9.47 Å². The van der Waals surface area contributed by atoms with Gasteiger partial charge in [0.25, 0.3) is 0 Å². The Balaban J connectivity index is 1.49. The van der Waals surface area contributed by atoms with Gasteiger partial charge >= 0.3 is 0 Å². The smallest absolute Gasteiger partial charge is 0.242 e. The van der Waals surface area contributed by atoms with E-state index in [1.165, 1.54) is 10.9 Å². The molecule has 0 aliphatic rings. The summed E-state index contributed by atoms with van der Waals surface area (Å²) in [5.41, 5.74) is 4.16. The van der Waals surface area contributed by atoms with Gasteiger partial charge in [0, 0.05) is 36.7 Å². The van der Waals surface area contributed by atoms with Gasteiger partial charge in [-0.25, -0.2) is 0 Å². The molecule has 0 atom stereocenters. The highest BCUT2D eigenvalue weighted by Crippen LogP contribution is 2.20. The number of nitrogens with one attached hydrogen (secondary N) is 1. The number of ether oxygens (including phenoxy) is 2. The first kappa shape index (κ1) is 28.7. The van der Waals surface area contributed by atoms with Crippen LogP contribution in [-0.4, -0.2) is 59.9 Å². The van der Waals surface area contributed by atoms with Crippen molar-refractivity contribution in [1.82, 2.24) is 14.8 Å². The van der Waals surface area contributed by atoms with Gasteiger partial charge in [-0.3, -0.25) is 9.59 Å². The Labute approximate surface area is 236 Å². The van der Waals surface area contributed by atoms with Crippen LogP contribution in [0.4, 0.5) is 0 Å². The van der Waals surface area contributed by atoms with Gasteiger partial charge in [0.05, 0.1) is 26.7 Å². The molecule has 1 N–H and O–H groups in total. The predicted octanol–water partition coefficient (Wildman–Crippen LogP) is 5.63. The molecule has 4 rings (SSSR count). The first-order valence-corrected chi connectivity index (χ1v) is 14.0. The maximum Gasteiger partial charge on any atom is 0.242 e. The number of carbonyl (C=O) groups excluding carboxylic acids is 2. The lowest BCUT2D eigenvalue weighted by Gasteiger charge is -2.28. The second-order valence-corrected chi connectivity index (χ2v) is 9.84. The summed E-state index contributed by atoms with van der Waals surface area (Å²) in [6, 6.07) is 23.5. The summed E-state index contributed by atoms with van der Waals surface area (Å²) in [5.74, 6) is 1.43. The number of rotatable bonds is 14. The van der Waals surface area contributed by atoms with E-state index < -0.39 is 0 Å². The standard InChI is InChI=1S/C33H39N3O4/c1-4-19-35(32(37)21-25-10-14-28(39-3)15-11-25)24-33(38)36(23-26-12-16-29(17-13-26)40-5-2)20-18-27-22-34-31-9-7-6-8-30(27)31/h6-17,22,34H,4-5,18-21,23-24H2,1-3H3. The van der Waals surface area contributed by atoms with Gasteiger partial charge in [0.15, 0.2) is 0 Å². The number of methoxy groups -OCH3 is 1. The number of para-hydroxylation sites is 1. The summed E-state index contributed by atoms with van der Waals surface area (Å²) in [6.45, 7) is 6.16. The number of H-pyrrole nitrogens is 1. The minimum atomic E-state index is -0.0646. The number of benzene rings is 3. The Kier molecular flexibility index (Phi) is 10.2. The third-order valence-electron chi connectivity index (χ3n) is 6.97. The molecule has 40 heavy (non-hydrogen) atoms. The quantitative estimate of drug-likeness (QED) is 0.225. The minimum absolute atomic E-state index is 0.0493. The van der Waals surface area contributed by atoms with Crippen LogP contribution >= 0.6 is 0 Å². The van der Waals surface area contributed by atoms with Crippen LogP contribution in [0.25, 0.3) is 10.9 Å². The SMILES string of the molecule is CCCN(CC(=O)N(CCc1c[nH]c2ccccc12)Cc1ccc(OCC)cc1)C(=O)Cc1ccc(OC)cc1. The Morgan fingerprint density at radius 3 is 2.20 bits per heavy atom. The molecule has 0 spiro atoms. The van der Waals surface area contributed by atoms with Crippen molar-refractivity contribution in [2.75, 3.05) is 33.4 Å². The molecule has 0 aliphatic heterocycles. The zero-order chi connectivity index (χ0) is 28.3. The number of hydrogen-bond acceptors (Lipinski definition) is 4. The summed E-state index contributed by atoms with van der Waals surface area (Å²) in [4.78, 5) is 33.9. The van der Waals surface area contributed by atoms with Crippen LogP contribution in [0.3, 0.4) is 0 Å². The maximum absolute atomic E-state index is 13.7. The number of amides is 2. The van der Waals surface area contributed by atoms with Crippen molar-refractivity contribution >= 4 is 22.7 Å². The Morgan fingerprint density at radius 1 is 0.800 bits per heavy atom. The average molecular weight is 542 g/mol. The fraction of sp³-hybridized carbons (Fsp3) is 0.333. The molecular weight excluding hydrogens is 502 g/mol. The molecule has 0 aliphatic carbocycles. The normalized spacial score (nSPS) is 10.9. The van der Waals surface area contributed by atoms with Crippen LogP contribution in [0.1, 0.15) is 37.0 Å². The topological polar surface area (TPSA) is 74.9 Å². The summed E-state index contributed by atoms with van der Waals surface area (Å²) in [5, 5.41) is 1.17. The molecule has 1 aromatic heterocycles. The molecule has 0 fully saturated rings. The number of fused-ring (bicyclic) bond motifs is 1. The van der Waals surface area contributed by atoms with Gasteiger partial charge in [-0.05, 0) is 66.8 Å². The fourth-order valence-electron chi connectivity index (χ4n) is 4.82. The highest BCUT2D eigenvalue weighted by atomic mass is 16.5. The van der Waals surface area contributed by atoms with Gasteiger partial charge in [0.2, 0.25) is 11.8 Å². The first-order valence-electron chi connectivity index (χ1n) is 14.0. The molecule has 0 bridgehead atoms. The molecular formula is C33H39N3O4. The predicted molar refractivity (Wildman–Crippen MR) is 159 cm³/mol. The molecule has 210 valence electrons. The molecule has 2 amide bonds. The highest BCUT2D eigenvalue weighted by molar-refractivity contribution is 5.86. The van der Waals surface area contributed by atoms with E-state index in [4.69, 9.17) is 9.47 Å². The second kappa shape index (κ2) is 14.2. The van der Waals surface area contributed by atoms with E-state index >= 15 is 0 Å². The van der Waals surface area contributed by atoms with Crippen molar-refractivity contribution in [3.8, 4) is 11.5 Å². The third-order valence-corrected chi connectivity index (χ3v) is 6.97. The van der Waals surface area contributed by atoms with Gasteiger partial charge in [-0.1, -0.05) is 49.4 Å². The summed E-state index contributed by atoms with van der Waals surface area (Å²) < 4.78 is 10.8. The number of hydrogen-bond donors (Lipinski definition) is 1. The van der Waals surface area contributed by atoms with E-state index in [2.05, 4.69) is 17.1 Å². The molecule has 7 nitrogen and oxygen atoms in total. The lowest BCUT2D eigenvalue weighted by atomic mass is 10.1. The summed E-state index contributed by atoms with van der Waals surface area (Å²) >= 11 is 0. The largest absolute Gasteiger partial charge is 0.497 e. The van der Waals surface area contributed by atoms with E-state index in [1.807, 2.05) is 85.6 Å². The zero-order valence-corrected chi connectivity index (χ0v) is 23.7. The van der Waals surface area contributed by atoms with Crippen molar-refractivity contribution in [1.29, 1.82) is 0 Å². The van der Waals surface area contributed by atoms with Gasteiger partial charge < -0.3 is 24.3 Å². The highest BCUT2D eigenvalue weighted by Gasteiger charge is 2.22. The monoisotopic (exact) mass is 541 g/mol. The van der Waals surface area contributed by atoms with Crippen LogP contribution in [-0.2, 0) is 29.0 Å². The minimum Gasteiger partial charge on any atom is -0.497 e. The van der Waals surface area contributed by atoms with Gasteiger partial charge in [-0.2, -0.15) is 0 Å². The molecule has 0 radical (unpaired) electrons. The molecule has 3 aromatic carbocycles. The Hall–Kier alpha value is -4.26. The van der Waals surface area contributed by atoms with E-state index in [0.717, 1.165) is 34.6 Å². The van der Waals surface area contributed by atoms with Crippen molar-refractivity contribution in [3.63, 3.8) is 0 Å². The number of nitrogens with zero attached hydrogens (tertiary/aromatic N) is 2. The lowest BCUT2D eigenvalue weighted by molar-refractivity contribution is -0.140.